The molecule has 3 atom stereocenters. The van der Waals surface area contributed by atoms with Crippen LogP contribution in [0.25, 0.3) is 0 Å². The van der Waals surface area contributed by atoms with E-state index in [2.05, 4.69) is 17.1 Å². The summed E-state index contributed by atoms with van der Waals surface area (Å²) in [5, 5.41) is 12.8. The molecule has 2 N–H and O–H groups in total. The summed E-state index contributed by atoms with van der Waals surface area (Å²) in [6, 6.07) is 0.718. The quantitative estimate of drug-likeness (QED) is 0.756. The molecule has 110 valence electrons. The maximum Gasteiger partial charge on any atom is 0.324 e. The van der Waals surface area contributed by atoms with Crippen molar-refractivity contribution < 1.29 is 14.6 Å². The first-order valence-corrected chi connectivity index (χ1v) is 7.31. The van der Waals surface area contributed by atoms with Crippen molar-refractivity contribution in [1.29, 1.82) is 0 Å². The largest absolute Gasteiger partial charge is 0.480 e. The van der Waals surface area contributed by atoms with Crippen LogP contribution in [0.5, 0.6) is 0 Å². The van der Waals surface area contributed by atoms with Crippen molar-refractivity contribution in [2.24, 2.45) is 0 Å². The Morgan fingerprint density at radius 3 is 2.74 bits per heavy atom. The summed E-state index contributed by atoms with van der Waals surface area (Å²) in [7, 11) is 0. The first kappa shape index (κ1) is 14.8. The molecule has 2 aliphatic rings. The van der Waals surface area contributed by atoms with Crippen LogP contribution < -0.4 is 5.32 Å². The van der Waals surface area contributed by atoms with Crippen LogP contribution in [0.15, 0.2) is 0 Å². The fraction of sp³-hybridized carbons (Fsp3) is 0.929. The molecule has 0 bridgehead atoms. The summed E-state index contributed by atoms with van der Waals surface area (Å²) in [4.78, 5) is 13.9. The zero-order valence-corrected chi connectivity index (χ0v) is 12.2. The minimum atomic E-state index is -0.856. The SMILES string of the molecule is CCC1COC(C)CN1CC(C)(NC1CC1)C(=O)O. The Morgan fingerprint density at radius 2 is 2.21 bits per heavy atom. The molecule has 0 amide bonds. The number of ether oxygens (including phenoxy) is 1. The molecule has 5 heteroatoms. The summed E-state index contributed by atoms with van der Waals surface area (Å²) < 4.78 is 5.67. The van der Waals surface area contributed by atoms with Crippen LogP contribution in [0.3, 0.4) is 0 Å². The van der Waals surface area contributed by atoms with E-state index in [9.17, 15) is 9.90 Å². The van der Waals surface area contributed by atoms with E-state index in [-0.39, 0.29) is 6.10 Å². The number of morpholine rings is 1. The van der Waals surface area contributed by atoms with Crippen LogP contribution in [0.2, 0.25) is 0 Å². The van der Waals surface area contributed by atoms with E-state index in [0.717, 1.165) is 25.8 Å². The zero-order chi connectivity index (χ0) is 14.0. The molecule has 0 spiro atoms. The maximum atomic E-state index is 11.6. The van der Waals surface area contributed by atoms with Gasteiger partial charge in [-0.15, -0.1) is 0 Å². The molecule has 3 unspecified atom stereocenters. The van der Waals surface area contributed by atoms with Crippen LogP contribution in [-0.2, 0) is 9.53 Å². The first-order chi connectivity index (χ1) is 8.94. The van der Waals surface area contributed by atoms with Crippen molar-refractivity contribution in [3.8, 4) is 0 Å². The van der Waals surface area contributed by atoms with Gasteiger partial charge in [-0.1, -0.05) is 6.92 Å². The van der Waals surface area contributed by atoms with E-state index in [1.807, 2.05) is 6.92 Å². The molecular formula is C14H26N2O3. The third-order valence-electron chi connectivity index (χ3n) is 4.14. The molecule has 0 radical (unpaired) electrons. The van der Waals surface area contributed by atoms with Gasteiger partial charge in [0, 0.05) is 25.2 Å². The number of carboxylic acid groups (broad SMARTS) is 1. The predicted octanol–water partition coefficient (Wildman–Crippen LogP) is 1.08. The highest BCUT2D eigenvalue weighted by molar-refractivity contribution is 5.78. The van der Waals surface area contributed by atoms with E-state index < -0.39 is 11.5 Å². The first-order valence-electron chi connectivity index (χ1n) is 7.31. The molecule has 19 heavy (non-hydrogen) atoms. The lowest BCUT2D eigenvalue weighted by Gasteiger charge is -2.42. The number of aliphatic carboxylic acids is 1. The molecule has 1 aliphatic carbocycles. The normalized spacial score (nSPS) is 31.9. The lowest BCUT2D eigenvalue weighted by Crippen LogP contribution is -2.61. The van der Waals surface area contributed by atoms with Gasteiger partial charge < -0.3 is 9.84 Å². The Labute approximate surface area is 115 Å². The van der Waals surface area contributed by atoms with Crippen LogP contribution >= 0.6 is 0 Å². The average Bonchev–Trinajstić information content (AvgIpc) is 3.12. The van der Waals surface area contributed by atoms with Gasteiger partial charge in [0.25, 0.3) is 0 Å². The van der Waals surface area contributed by atoms with Crippen LogP contribution in [0.4, 0.5) is 0 Å². The van der Waals surface area contributed by atoms with Gasteiger partial charge in [-0.3, -0.25) is 15.0 Å². The Balaban J connectivity index is 2.03. The van der Waals surface area contributed by atoms with Crippen LogP contribution in [0.1, 0.15) is 40.0 Å². The van der Waals surface area contributed by atoms with E-state index in [1.54, 1.807) is 6.92 Å². The van der Waals surface area contributed by atoms with Crippen molar-refractivity contribution in [2.45, 2.75) is 63.8 Å². The van der Waals surface area contributed by atoms with E-state index in [0.29, 0.717) is 25.2 Å². The molecule has 0 aromatic heterocycles. The minimum Gasteiger partial charge on any atom is -0.480 e. The summed E-state index contributed by atoms with van der Waals surface area (Å²) >= 11 is 0. The molecule has 2 rings (SSSR count). The molecule has 1 aliphatic heterocycles. The molecule has 1 heterocycles. The van der Waals surface area contributed by atoms with Crippen LogP contribution in [0, 0.1) is 0 Å². The number of hydrogen-bond acceptors (Lipinski definition) is 4. The maximum absolute atomic E-state index is 11.6. The summed E-state index contributed by atoms with van der Waals surface area (Å²) in [6.07, 6.45) is 3.37. The minimum absolute atomic E-state index is 0.182. The second-order valence-corrected chi connectivity index (χ2v) is 6.19. The topological polar surface area (TPSA) is 61.8 Å². The average molecular weight is 270 g/mol. The number of carboxylic acids is 1. The van der Waals surface area contributed by atoms with Gasteiger partial charge >= 0.3 is 5.97 Å². The van der Waals surface area contributed by atoms with Gasteiger partial charge in [0.2, 0.25) is 0 Å². The lowest BCUT2D eigenvalue weighted by atomic mass is 9.99. The summed E-state index contributed by atoms with van der Waals surface area (Å²) in [5.41, 5.74) is -0.856. The standard InChI is InChI=1S/C14H26N2O3/c1-4-12-8-19-10(2)7-16(12)9-14(3,13(17)18)15-11-5-6-11/h10-12,15H,4-9H2,1-3H3,(H,17,18). The lowest BCUT2D eigenvalue weighted by molar-refractivity contribution is -0.147. The number of nitrogens with one attached hydrogen (secondary N) is 1. The highest BCUT2D eigenvalue weighted by Gasteiger charge is 2.41. The second-order valence-electron chi connectivity index (χ2n) is 6.19. The number of nitrogens with zero attached hydrogens (tertiary/aromatic N) is 1. The monoisotopic (exact) mass is 270 g/mol. The van der Waals surface area contributed by atoms with Gasteiger partial charge in [0.05, 0.1) is 12.7 Å². The van der Waals surface area contributed by atoms with Gasteiger partial charge in [-0.05, 0) is 33.1 Å². The third-order valence-corrected chi connectivity index (χ3v) is 4.14. The Kier molecular flexibility index (Phi) is 4.48. The summed E-state index contributed by atoms with van der Waals surface area (Å²) in [6.45, 7) is 8.05. The predicted molar refractivity (Wildman–Crippen MR) is 73.3 cm³/mol. The highest BCUT2D eigenvalue weighted by Crippen LogP contribution is 2.25. The Hall–Kier alpha value is -0.650. The second kappa shape index (κ2) is 5.77. The summed E-state index contributed by atoms with van der Waals surface area (Å²) in [5.74, 6) is -0.756. The molecule has 0 aromatic rings. The number of carbonyl (C=O) groups is 1. The molecule has 1 saturated heterocycles. The van der Waals surface area contributed by atoms with Crippen molar-refractivity contribution in [3.05, 3.63) is 0 Å². The smallest absolute Gasteiger partial charge is 0.324 e. The Morgan fingerprint density at radius 1 is 1.53 bits per heavy atom. The molecular weight excluding hydrogens is 244 g/mol. The van der Waals surface area contributed by atoms with E-state index in [1.165, 1.54) is 0 Å². The van der Waals surface area contributed by atoms with Crippen molar-refractivity contribution in [1.82, 2.24) is 10.2 Å². The van der Waals surface area contributed by atoms with Gasteiger partial charge in [0.15, 0.2) is 0 Å². The van der Waals surface area contributed by atoms with E-state index in [4.69, 9.17) is 4.74 Å². The van der Waals surface area contributed by atoms with Gasteiger partial charge in [-0.25, -0.2) is 0 Å². The highest BCUT2D eigenvalue weighted by atomic mass is 16.5. The van der Waals surface area contributed by atoms with Crippen molar-refractivity contribution in [2.75, 3.05) is 19.7 Å². The molecule has 1 saturated carbocycles. The molecule has 2 fully saturated rings. The number of hydrogen-bond donors (Lipinski definition) is 2. The Bertz CT molecular complexity index is 333. The number of rotatable bonds is 6. The van der Waals surface area contributed by atoms with E-state index >= 15 is 0 Å². The van der Waals surface area contributed by atoms with Crippen LogP contribution in [-0.4, -0.2) is 59.4 Å². The van der Waals surface area contributed by atoms with Gasteiger partial charge in [-0.2, -0.15) is 0 Å². The fourth-order valence-corrected chi connectivity index (χ4v) is 2.74. The van der Waals surface area contributed by atoms with Crippen molar-refractivity contribution in [3.63, 3.8) is 0 Å². The van der Waals surface area contributed by atoms with Gasteiger partial charge in [0.1, 0.15) is 5.54 Å². The van der Waals surface area contributed by atoms with Crippen molar-refractivity contribution >= 4 is 5.97 Å². The molecule has 0 aromatic carbocycles. The fourth-order valence-electron chi connectivity index (χ4n) is 2.74. The molecule has 5 nitrogen and oxygen atoms in total. The zero-order valence-electron chi connectivity index (χ0n) is 12.2. The third kappa shape index (κ3) is 3.68.